The van der Waals surface area contributed by atoms with Crippen molar-refractivity contribution in [3.05, 3.63) is 35.6 Å². The Hall–Kier alpha value is -0.890. The first-order chi connectivity index (χ1) is 8.63. The molecule has 0 amide bonds. The van der Waals surface area contributed by atoms with Crippen molar-refractivity contribution in [2.75, 3.05) is 0 Å². The van der Waals surface area contributed by atoms with Gasteiger partial charge in [0.25, 0.3) is 0 Å². The van der Waals surface area contributed by atoms with E-state index in [1.807, 2.05) is 12.1 Å². The zero-order chi connectivity index (χ0) is 13.0. The molecule has 1 N–H and O–H groups in total. The third-order valence-electron chi connectivity index (χ3n) is 3.91. The van der Waals surface area contributed by atoms with E-state index in [9.17, 15) is 4.39 Å². The lowest BCUT2D eigenvalue weighted by atomic mass is 9.86. The van der Waals surface area contributed by atoms with E-state index in [0.29, 0.717) is 12.1 Å². The van der Waals surface area contributed by atoms with Crippen LogP contribution in [0.4, 0.5) is 4.39 Å². The Balaban J connectivity index is 1.81. The van der Waals surface area contributed by atoms with Gasteiger partial charge in [0.2, 0.25) is 0 Å². The first-order valence-corrected chi connectivity index (χ1v) is 7.14. The molecule has 1 nitrogen and oxygen atoms in total. The Morgan fingerprint density at radius 3 is 2.67 bits per heavy atom. The van der Waals surface area contributed by atoms with Crippen LogP contribution in [0, 0.1) is 11.7 Å². The molecule has 3 unspecified atom stereocenters. The predicted molar refractivity (Wildman–Crippen MR) is 74.1 cm³/mol. The standard InChI is InChI=1S/C16H24FN/c1-12-4-3-5-16(10-12)18-13(2)11-14-6-8-15(17)9-7-14/h6-9,12-13,16,18H,3-5,10-11H2,1-2H3. The van der Waals surface area contributed by atoms with Crippen molar-refractivity contribution in [3.63, 3.8) is 0 Å². The molecule has 0 heterocycles. The van der Waals surface area contributed by atoms with Crippen LogP contribution in [0.1, 0.15) is 45.1 Å². The summed E-state index contributed by atoms with van der Waals surface area (Å²) < 4.78 is 12.8. The van der Waals surface area contributed by atoms with Crippen LogP contribution in [0.5, 0.6) is 0 Å². The van der Waals surface area contributed by atoms with Crippen LogP contribution in [0.3, 0.4) is 0 Å². The van der Waals surface area contributed by atoms with Crippen molar-refractivity contribution < 1.29 is 4.39 Å². The van der Waals surface area contributed by atoms with Gasteiger partial charge in [-0.3, -0.25) is 0 Å². The molecule has 0 saturated heterocycles. The molecule has 0 bridgehead atoms. The van der Waals surface area contributed by atoms with Gasteiger partial charge in [0.05, 0.1) is 0 Å². The second kappa shape index (κ2) is 6.33. The Bertz CT molecular complexity index is 360. The highest BCUT2D eigenvalue weighted by molar-refractivity contribution is 5.17. The van der Waals surface area contributed by atoms with Crippen molar-refractivity contribution >= 4 is 0 Å². The van der Waals surface area contributed by atoms with E-state index < -0.39 is 0 Å². The average Bonchev–Trinajstić information content (AvgIpc) is 2.32. The first-order valence-electron chi connectivity index (χ1n) is 7.14. The molecule has 3 atom stereocenters. The van der Waals surface area contributed by atoms with Crippen molar-refractivity contribution in [2.24, 2.45) is 5.92 Å². The number of halogens is 1. The topological polar surface area (TPSA) is 12.0 Å². The molecule has 2 heteroatoms. The largest absolute Gasteiger partial charge is 0.311 e. The minimum absolute atomic E-state index is 0.152. The highest BCUT2D eigenvalue weighted by Crippen LogP contribution is 2.24. The van der Waals surface area contributed by atoms with E-state index in [1.165, 1.54) is 31.2 Å². The molecular weight excluding hydrogens is 225 g/mol. The van der Waals surface area contributed by atoms with Crippen LogP contribution in [-0.2, 0) is 6.42 Å². The molecule has 0 aliphatic heterocycles. The van der Waals surface area contributed by atoms with Gasteiger partial charge in [0.15, 0.2) is 0 Å². The smallest absolute Gasteiger partial charge is 0.123 e. The zero-order valence-corrected chi connectivity index (χ0v) is 11.5. The van der Waals surface area contributed by atoms with E-state index in [-0.39, 0.29) is 5.82 Å². The molecule has 2 rings (SSSR count). The quantitative estimate of drug-likeness (QED) is 0.852. The molecule has 1 aliphatic carbocycles. The normalized spacial score (nSPS) is 25.9. The minimum Gasteiger partial charge on any atom is -0.311 e. The highest BCUT2D eigenvalue weighted by Gasteiger charge is 2.19. The maximum atomic E-state index is 12.8. The molecule has 100 valence electrons. The Labute approximate surface area is 110 Å². The van der Waals surface area contributed by atoms with Crippen molar-refractivity contribution in [1.29, 1.82) is 0 Å². The maximum Gasteiger partial charge on any atom is 0.123 e. The summed E-state index contributed by atoms with van der Waals surface area (Å²) in [4.78, 5) is 0. The fourth-order valence-corrected chi connectivity index (χ4v) is 3.02. The summed E-state index contributed by atoms with van der Waals surface area (Å²) in [7, 11) is 0. The summed E-state index contributed by atoms with van der Waals surface area (Å²) in [6, 6.07) is 8.00. The summed E-state index contributed by atoms with van der Waals surface area (Å²) in [5.41, 5.74) is 1.21. The molecule has 1 aromatic rings. The summed E-state index contributed by atoms with van der Waals surface area (Å²) in [5.74, 6) is 0.703. The third kappa shape index (κ3) is 4.09. The lowest BCUT2D eigenvalue weighted by molar-refractivity contribution is 0.284. The van der Waals surface area contributed by atoms with Gasteiger partial charge in [-0.25, -0.2) is 4.39 Å². The van der Waals surface area contributed by atoms with Gasteiger partial charge in [-0.1, -0.05) is 31.9 Å². The number of rotatable bonds is 4. The third-order valence-corrected chi connectivity index (χ3v) is 3.91. The summed E-state index contributed by atoms with van der Waals surface area (Å²) in [5, 5.41) is 3.72. The minimum atomic E-state index is -0.152. The Morgan fingerprint density at radius 1 is 1.28 bits per heavy atom. The number of nitrogens with one attached hydrogen (secondary N) is 1. The van der Waals surface area contributed by atoms with Gasteiger partial charge in [-0.2, -0.15) is 0 Å². The molecule has 1 saturated carbocycles. The van der Waals surface area contributed by atoms with Crippen LogP contribution in [-0.4, -0.2) is 12.1 Å². The fraction of sp³-hybridized carbons (Fsp3) is 0.625. The molecule has 0 radical (unpaired) electrons. The molecule has 1 aromatic carbocycles. The monoisotopic (exact) mass is 249 g/mol. The molecule has 0 spiro atoms. The maximum absolute atomic E-state index is 12.8. The van der Waals surface area contributed by atoms with E-state index in [4.69, 9.17) is 0 Å². The Morgan fingerprint density at radius 2 is 2.00 bits per heavy atom. The number of hydrogen-bond donors (Lipinski definition) is 1. The Kier molecular flexibility index (Phi) is 4.76. The van der Waals surface area contributed by atoms with E-state index >= 15 is 0 Å². The van der Waals surface area contributed by atoms with Gasteiger partial charge in [0.1, 0.15) is 5.82 Å². The fourth-order valence-electron chi connectivity index (χ4n) is 3.02. The molecular formula is C16H24FN. The van der Waals surface area contributed by atoms with E-state index in [0.717, 1.165) is 12.3 Å². The number of hydrogen-bond acceptors (Lipinski definition) is 1. The predicted octanol–water partition coefficient (Wildman–Crippen LogP) is 3.93. The van der Waals surface area contributed by atoms with Crippen molar-refractivity contribution in [3.8, 4) is 0 Å². The molecule has 1 fully saturated rings. The van der Waals surface area contributed by atoms with Crippen LogP contribution < -0.4 is 5.32 Å². The molecule has 1 aliphatic rings. The second-order valence-corrected chi connectivity index (χ2v) is 5.87. The van der Waals surface area contributed by atoms with E-state index in [1.54, 1.807) is 12.1 Å². The summed E-state index contributed by atoms with van der Waals surface area (Å²) >= 11 is 0. The second-order valence-electron chi connectivity index (χ2n) is 5.87. The van der Waals surface area contributed by atoms with Gasteiger partial charge >= 0.3 is 0 Å². The SMILES string of the molecule is CC1CCCC(NC(C)Cc2ccc(F)cc2)C1. The van der Waals surface area contributed by atoms with Crippen LogP contribution in [0.2, 0.25) is 0 Å². The summed E-state index contributed by atoms with van der Waals surface area (Å²) in [6.07, 6.45) is 6.31. The highest BCUT2D eigenvalue weighted by atomic mass is 19.1. The zero-order valence-electron chi connectivity index (χ0n) is 11.5. The van der Waals surface area contributed by atoms with Crippen LogP contribution >= 0.6 is 0 Å². The van der Waals surface area contributed by atoms with E-state index in [2.05, 4.69) is 19.2 Å². The summed E-state index contributed by atoms with van der Waals surface area (Å²) in [6.45, 7) is 4.57. The van der Waals surface area contributed by atoms with Crippen LogP contribution in [0.15, 0.2) is 24.3 Å². The van der Waals surface area contributed by atoms with Gasteiger partial charge in [-0.15, -0.1) is 0 Å². The van der Waals surface area contributed by atoms with Crippen molar-refractivity contribution in [2.45, 2.75) is 58.0 Å². The lowest BCUT2D eigenvalue weighted by Gasteiger charge is -2.30. The van der Waals surface area contributed by atoms with Gasteiger partial charge < -0.3 is 5.32 Å². The molecule has 18 heavy (non-hydrogen) atoms. The van der Waals surface area contributed by atoms with Crippen LogP contribution in [0.25, 0.3) is 0 Å². The lowest BCUT2D eigenvalue weighted by Crippen LogP contribution is -2.40. The first kappa shape index (κ1) is 13.5. The van der Waals surface area contributed by atoms with Crippen molar-refractivity contribution in [1.82, 2.24) is 5.32 Å². The van der Waals surface area contributed by atoms with Gasteiger partial charge in [0, 0.05) is 12.1 Å². The number of benzene rings is 1. The van der Waals surface area contributed by atoms with Gasteiger partial charge in [-0.05, 0) is 49.8 Å². The average molecular weight is 249 g/mol. The molecule has 0 aromatic heterocycles.